The summed E-state index contributed by atoms with van der Waals surface area (Å²) >= 11 is 2.70. The number of rotatable bonds is 8. The van der Waals surface area contributed by atoms with Crippen LogP contribution < -0.4 is 10.1 Å². The Morgan fingerprint density at radius 1 is 1.43 bits per heavy atom. The van der Waals surface area contributed by atoms with Crippen molar-refractivity contribution < 1.29 is 18.3 Å². The second-order valence-corrected chi connectivity index (χ2v) is 10.5. The molecule has 4 rings (SSSR count). The Balaban J connectivity index is 1.38. The van der Waals surface area contributed by atoms with E-state index < -0.39 is 17.7 Å². The Hall–Kier alpha value is -2.97. The number of thioether (sulfide) groups is 1. The number of anilines is 1. The first-order valence-electron chi connectivity index (χ1n) is 11.3. The van der Waals surface area contributed by atoms with Crippen LogP contribution in [0.15, 0.2) is 23.4 Å². The lowest BCUT2D eigenvalue weighted by atomic mass is 9.86. The minimum Gasteiger partial charge on any atom is -0.480 e. The number of benzene rings is 1. The van der Waals surface area contributed by atoms with Gasteiger partial charge in [-0.3, -0.25) is 4.79 Å². The molecule has 2 unspecified atom stereocenters. The predicted octanol–water partition coefficient (Wildman–Crippen LogP) is 5.41. The molecule has 1 N–H and O–H groups in total. The summed E-state index contributed by atoms with van der Waals surface area (Å²) in [6.07, 6.45) is 3.36. The Kier molecular flexibility index (Phi) is 7.72. The van der Waals surface area contributed by atoms with E-state index in [9.17, 15) is 18.8 Å². The first kappa shape index (κ1) is 25.1. The SMILES string of the molecule is CCC1CCc2c(sc(NC(=O)CSc3nnc(C(C)Oc4ccc(F)cc4F)n3C)c2C#N)C1. The minimum absolute atomic E-state index is 0.0822. The van der Waals surface area contributed by atoms with Crippen LogP contribution >= 0.6 is 23.1 Å². The van der Waals surface area contributed by atoms with Crippen LogP contribution in [0.5, 0.6) is 5.75 Å². The zero-order chi connectivity index (χ0) is 25.1. The van der Waals surface area contributed by atoms with Gasteiger partial charge in [-0.05, 0) is 49.8 Å². The molecule has 0 bridgehead atoms. The standard InChI is InChI=1S/C24H25F2N5O2S2/c1-4-14-5-7-16-17(11-27)23(35-20(16)9-14)28-21(32)12-34-24-30-29-22(31(24)3)13(2)33-19-8-6-15(25)10-18(19)26/h6,8,10,13-14H,4-5,7,9,12H2,1-3H3,(H,28,32). The van der Waals surface area contributed by atoms with E-state index in [1.165, 1.54) is 34.0 Å². The van der Waals surface area contributed by atoms with Crippen LogP contribution in [0.2, 0.25) is 0 Å². The van der Waals surface area contributed by atoms with Crippen LogP contribution in [-0.2, 0) is 24.7 Å². The zero-order valence-electron chi connectivity index (χ0n) is 19.6. The van der Waals surface area contributed by atoms with E-state index in [1.54, 1.807) is 18.5 Å². The summed E-state index contributed by atoms with van der Waals surface area (Å²) in [5.41, 5.74) is 1.66. The molecule has 1 aromatic carbocycles. The largest absolute Gasteiger partial charge is 0.480 e. The average Bonchev–Trinajstić information content (AvgIpc) is 3.37. The van der Waals surface area contributed by atoms with E-state index in [0.29, 0.717) is 27.5 Å². The van der Waals surface area contributed by atoms with Gasteiger partial charge in [-0.15, -0.1) is 21.5 Å². The van der Waals surface area contributed by atoms with E-state index in [4.69, 9.17) is 4.74 Å². The quantitative estimate of drug-likeness (QED) is 0.402. The highest BCUT2D eigenvalue weighted by Gasteiger charge is 2.26. The van der Waals surface area contributed by atoms with Gasteiger partial charge in [0.05, 0.1) is 11.3 Å². The van der Waals surface area contributed by atoms with Crippen LogP contribution in [-0.4, -0.2) is 26.4 Å². The molecule has 184 valence electrons. The van der Waals surface area contributed by atoms with Gasteiger partial charge in [0.2, 0.25) is 5.91 Å². The molecule has 3 aromatic rings. The minimum atomic E-state index is -0.803. The van der Waals surface area contributed by atoms with Crippen LogP contribution in [0.25, 0.3) is 0 Å². The molecular weight excluding hydrogens is 492 g/mol. The number of nitrogens with one attached hydrogen (secondary N) is 1. The van der Waals surface area contributed by atoms with Gasteiger partial charge in [0.25, 0.3) is 0 Å². The molecule has 1 aliphatic carbocycles. The summed E-state index contributed by atoms with van der Waals surface area (Å²) < 4.78 is 34.3. The third-order valence-electron chi connectivity index (χ3n) is 6.07. The van der Waals surface area contributed by atoms with Crippen molar-refractivity contribution in [2.75, 3.05) is 11.1 Å². The highest BCUT2D eigenvalue weighted by molar-refractivity contribution is 7.99. The number of halogens is 2. The van der Waals surface area contributed by atoms with Crippen molar-refractivity contribution in [3.05, 3.63) is 51.7 Å². The Morgan fingerprint density at radius 3 is 2.94 bits per heavy atom. The number of carbonyl (C=O) groups is 1. The van der Waals surface area contributed by atoms with Crippen LogP contribution in [0.4, 0.5) is 13.8 Å². The molecule has 35 heavy (non-hydrogen) atoms. The number of fused-ring (bicyclic) bond motifs is 1. The van der Waals surface area contributed by atoms with E-state index in [-0.39, 0.29) is 17.4 Å². The second kappa shape index (κ2) is 10.7. The fourth-order valence-corrected chi connectivity index (χ4v) is 6.17. The van der Waals surface area contributed by atoms with Crippen molar-refractivity contribution in [3.8, 4) is 11.8 Å². The lowest BCUT2D eigenvalue weighted by Gasteiger charge is -2.20. The monoisotopic (exact) mass is 517 g/mol. The van der Waals surface area contributed by atoms with E-state index >= 15 is 0 Å². The van der Waals surface area contributed by atoms with Crippen molar-refractivity contribution in [1.82, 2.24) is 14.8 Å². The third-order valence-corrected chi connectivity index (χ3v) is 8.26. The molecule has 1 amide bonds. The molecule has 0 spiro atoms. The molecule has 1 aliphatic rings. The summed E-state index contributed by atoms with van der Waals surface area (Å²) in [5.74, 6) is -0.677. The fourth-order valence-electron chi connectivity index (χ4n) is 4.12. The van der Waals surface area contributed by atoms with Crippen LogP contribution in [0.3, 0.4) is 0 Å². The Labute approximate surface area is 210 Å². The van der Waals surface area contributed by atoms with Gasteiger partial charge in [-0.25, -0.2) is 8.78 Å². The number of aromatic nitrogens is 3. The van der Waals surface area contributed by atoms with Crippen LogP contribution in [0.1, 0.15) is 54.6 Å². The van der Waals surface area contributed by atoms with Gasteiger partial charge in [-0.1, -0.05) is 25.1 Å². The molecule has 0 saturated carbocycles. The molecular formula is C24H25F2N5O2S2. The Bertz CT molecular complexity index is 1280. The summed E-state index contributed by atoms with van der Waals surface area (Å²) in [7, 11) is 1.72. The van der Waals surface area contributed by atoms with Gasteiger partial charge in [0.15, 0.2) is 28.7 Å². The highest BCUT2D eigenvalue weighted by atomic mass is 32.2. The highest BCUT2D eigenvalue weighted by Crippen LogP contribution is 2.40. The number of nitrogens with zero attached hydrogens (tertiary/aromatic N) is 4. The summed E-state index contributed by atoms with van der Waals surface area (Å²) in [4.78, 5) is 13.9. The van der Waals surface area contributed by atoms with Gasteiger partial charge in [-0.2, -0.15) is 5.26 Å². The number of carbonyl (C=O) groups excluding carboxylic acids is 1. The molecule has 0 saturated heterocycles. The summed E-state index contributed by atoms with van der Waals surface area (Å²) in [5, 5.41) is 21.9. The molecule has 2 atom stereocenters. The number of nitriles is 1. The fraction of sp³-hybridized carbons (Fsp3) is 0.417. The number of amides is 1. The van der Waals surface area contributed by atoms with E-state index in [0.717, 1.165) is 43.4 Å². The summed E-state index contributed by atoms with van der Waals surface area (Å²) in [6, 6.07) is 5.36. The van der Waals surface area contributed by atoms with Crippen molar-refractivity contribution in [1.29, 1.82) is 5.26 Å². The maximum atomic E-state index is 13.9. The lowest BCUT2D eigenvalue weighted by Crippen LogP contribution is -2.15. The van der Waals surface area contributed by atoms with Crippen molar-refractivity contribution >= 4 is 34.0 Å². The third kappa shape index (κ3) is 5.49. The lowest BCUT2D eigenvalue weighted by molar-refractivity contribution is -0.113. The summed E-state index contributed by atoms with van der Waals surface area (Å²) in [6.45, 7) is 3.86. The first-order chi connectivity index (χ1) is 16.8. The molecule has 0 radical (unpaired) electrons. The normalized spacial score (nSPS) is 15.8. The Morgan fingerprint density at radius 2 is 2.23 bits per heavy atom. The maximum absolute atomic E-state index is 13.9. The van der Waals surface area contributed by atoms with Gasteiger partial charge >= 0.3 is 0 Å². The molecule has 0 aliphatic heterocycles. The number of hydrogen-bond acceptors (Lipinski definition) is 7. The molecule has 7 nitrogen and oxygen atoms in total. The number of thiophene rings is 1. The molecule has 2 aromatic heterocycles. The van der Waals surface area contributed by atoms with Gasteiger partial charge < -0.3 is 14.6 Å². The average molecular weight is 518 g/mol. The van der Waals surface area contributed by atoms with E-state index in [1.807, 2.05) is 0 Å². The van der Waals surface area contributed by atoms with Crippen molar-refractivity contribution in [2.24, 2.45) is 13.0 Å². The van der Waals surface area contributed by atoms with Crippen molar-refractivity contribution in [3.63, 3.8) is 0 Å². The molecule has 11 heteroatoms. The first-order valence-corrected chi connectivity index (χ1v) is 13.1. The zero-order valence-corrected chi connectivity index (χ0v) is 21.2. The smallest absolute Gasteiger partial charge is 0.235 e. The number of hydrogen-bond donors (Lipinski definition) is 1. The predicted molar refractivity (Wildman–Crippen MR) is 131 cm³/mol. The molecule has 2 heterocycles. The molecule has 0 fully saturated rings. The van der Waals surface area contributed by atoms with Gasteiger partial charge in [0, 0.05) is 18.0 Å². The van der Waals surface area contributed by atoms with Crippen molar-refractivity contribution in [2.45, 2.75) is 50.8 Å². The van der Waals surface area contributed by atoms with Gasteiger partial charge in [0.1, 0.15) is 16.9 Å². The topological polar surface area (TPSA) is 92.8 Å². The maximum Gasteiger partial charge on any atom is 0.235 e. The number of ether oxygens (including phenoxy) is 1. The second-order valence-electron chi connectivity index (χ2n) is 8.41. The van der Waals surface area contributed by atoms with Crippen LogP contribution in [0, 0.1) is 28.9 Å². The van der Waals surface area contributed by atoms with E-state index in [2.05, 4.69) is 28.5 Å².